The number of nitrogens with one attached hydrogen (secondary N) is 1. The van der Waals surface area contributed by atoms with Gasteiger partial charge in [0.15, 0.2) is 0 Å². The van der Waals surface area contributed by atoms with Gasteiger partial charge < -0.3 is 19.2 Å². The van der Waals surface area contributed by atoms with Gasteiger partial charge in [-0.3, -0.25) is 0 Å². The zero-order valence-corrected chi connectivity index (χ0v) is 10.9. The van der Waals surface area contributed by atoms with Crippen LogP contribution in [-0.4, -0.2) is 30.8 Å². The second-order valence-electron chi connectivity index (χ2n) is 4.10. The summed E-state index contributed by atoms with van der Waals surface area (Å²) in [5.41, 5.74) is 0.850. The van der Waals surface area contributed by atoms with Gasteiger partial charge in [0, 0.05) is 19.2 Å². The van der Waals surface area contributed by atoms with Crippen LogP contribution in [0.25, 0.3) is 0 Å². The van der Waals surface area contributed by atoms with Crippen molar-refractivity contribution in [3.05, 3.63) is 12.0 Å². The minimum atomic E-state index is 0.311. The predicted octanol–water partition coefficient (Wildman–Crippen LogP) is 1.98. The molecule has 98 valence electrons. The third-order valence-electron chi connectivity index (χ3n) is 2.02. The minimum absolute atomic E-state index is 0.311. The van der Waals surface area contributed by atoms with Crippen molar-refractivity contribution in [1.29, 1.82) is 0 Å². The van der Waals surface area contributed by atoms with Gasteiger partial charge in [-0.05, 0) is 6.42 Å². The molecule has 0 amide bonds. The summed E-state index contributed by atoms with van der Waals surface area (Å²) < 4.78 is 15.8. The first-order chi connectivity index (χ1) is 8.22. The van der Waals surface area contributed by atoms with Crippen LogP contribution in [0.4, 0.5) is 0 Å². The summed E-state index contributed by atoms with van der Waals surface area (Å²) in [6.07, 6.45) is 2.94. The molecule has 5 heteroatoms. The number of hydrogen-bond acceptors (Lipinski definition) is 5. The Bertz CT molecular complexity index is 300. The van der Waals surface area contributed by atoms with Crippen molar-refractivity contribution >= 4 is 0 Å². The van der Waals surface area contributed by atoms with Crippen molar-refractivity contribution in [3.8, 4) is 6.08 Å². The Morgan fingerprint density at radius 1 is 1.35 bits per heavy atom. The average molecular weight is 242 g/mol. The second kappa shape index (κ2) is 8.08. The van der Waals surface area contributed by atoms with Gasteiger partial charge in [-0.1, -0.05) is 20.8 Å². The lowest BCUT2D eigenvalue weighted by Gasteiger charge is -2.04. The van der Waals surface area contributed by atoms with E-state index in [1.54, 1.807) is 6.26 Å². The fourth-order valence-corrected chi connectivity index (χ4v) is 1.18. The summed E-state index contributed by atoms with van der Waals surface area (Å²) in [6, 6.07) is 0.429. The van der Waals surface area contributed by atoms with E-state index in [4.69, 9.17) is 13.9 Å². The second-order valence-corrected chi connectivity index (χ2v) is 4.10. The molecule has 0 aliphatic carbocycles. The first-order valence-electron chi connectivity index (χ1n) is 6.10. The van der Waals surface area contributed by atoms with Crippen LogP contribution >= 0.6 is 0 Å². The van der Waals surface area contributed by atoms with E-state index in [1.165, 1.54) is 0 Å². The van der Waals surface area contributed by atoms with Crippen LogP contribution in [-0.2, 0) is 11.3 Å². The molecule has 1 aromatic heterocycles. The molecule has 17 heavy (non-hydrogen) atoms. The quantitative estimate of drug-likeness (QED) is 0.671. The van der Waals surface area contributed by atoms with E-state index >= 15 is 0 Å². The summed E-state index contributed by atoms with van der Waals surface area (Å²) in [4.78, 5) is 4.19. The van der Waals surface area contributed by atoms with Crippen LogP contribution in [0.2, 0.25) is 0 Å². The zero-order valence-electron chi connectivity index (χ0n) is 10.9. The molecule has 1 rings (SSSR count). The highest BCUT2D eigenvalue weighted by molar-refractivity contribution is 4.99. The minimum Gasteiger partial charge on any atom is -0.448 e. The first-order valence-corrected chi connectivity index (χ1v) is 6.10. The maximum Gasteiger partial charge on any atom is 0.393 e. The molecule has 0 radical (unpaired) electrons. The summed E-state index contributed by atoms with van der Waals surface area (Å²) in [6.45, 7) is 8.73. The van der Waals surface area contributed by atoms with Crippen molar-refractivity contribution in [2.24, 2.45) is 0 Å². The molecule has 1 heterocycles. The molecular weight excluding hydrogens is 220 g/mol. The average Bonchev–Trinajstić information content (AvgIpc) is 2.74. The van der Waals surface area contributed by atoms with Crippen molar-refractivity contribution in [2.45, 2.75) is 39.8 Å². The van der Waals surface area contributed by atoms with Crippen molar-refractivity contribution < 1.29 is 13.9 Å². The van der Waals surface area contributed by atoms with E-state index in [-0.39, 0.29) is 0 Å². The van der Waals surface area contributed by atoms with Gasteiger partial charge in [0.25, 0.3) is 0 Å². The highest BCUT2D eigenvalue weighted by Gasteiger charge is 2.05. The molecule has 0 fully saturated rings. The largest absolute Gasteiger partial charge is 0.448 e. The van der Waals surface area contributed by atoms with E-state index in [9.17, 15) is 0 Å². The van der Waals surface area contributed by atoms with Crippen molar-refractivity contribution in [3.63, 3.8) is 0 Å². The predicted molar refractivity (Wildman–Crippen MR) is 65.1 cm³/mol. The number of hydrogen-bond donors (Lipinski definition) is 1. The Hall–Kier alpha value is -1.07. The molecule has 0 unspecified atom stereocenters. The fraction of sp³-hybridized carbons (Fsp3) is 0.750. The molecule has 0 bridgehead atoms. The topological polar surface area (TPSA) is 56.5 Å². The smallest absolute Gasteiger partial charge is 0.393 e. The third-order valence-corrected chi connectivity index (χ3v) is 2.02. The summed E-state index contributed by atoms with van der Waals surface area (Å²) in [5.74, 6) is 0. The van der Waals surface area contributed by atoms with E-state index in [0.29, 0.717) is 31.9 Å². The fourth-order valence-electron chi connectivity index (χ4n) is 1.18. The number of aromatic nitrogens is 1. The highest BCUT2D eigenvalue weighted by atomic mass is 16.6. The van der Waals surface area contributed by atoms with Crippen LogP contribution < -0.4 is 10.1 Å². The van der Waals surface area contributed by atoms with Crippen LogP contribution in [0, 0.1) is 0 Å². The molecule has 0 saturated carbocycles. The lowest BCUT2D eigenvalue weighted by molar-refractivity contribution is 0.0886. The van der Waals surface area contributed by atoms with Crippen LogP contribution in [0.3, 0.4) is 0 Å². The van der Waals surface area contributed by atoms with Gasteiger partial charge in [-0.15, -0.1) is 0 Å². The molecule has 0 aliphatic rings. The Morgan fingerprint density at radius 2 is 2.18 bits per heavy atom. The number of ether oxygens (including phenoxy) is 2. The number of oxazole rings is 1. The van der Waals surface area contributed by atoms with Gasteiger partial charge >= 0.3 is 6.08 Å². The maximum absolute atomic E-state index is 5.31. The molecule has 0 aromatic carbocycles. The third kappa shape index (κ3) is 6.28. The van der Waals surface area contributed by atoms with Gasteiger partial charge in [0.2, 0.25) is 0 Å². The standard InChI is InChI=1S/C12H22N2O3/c1-4-5-15-6-7-16-12-14-11(9-17-12)8-13-10(2)3/h9-10,13H,4-8H2,1-3H3. The highest BCUT2D eigenvalue weighted by Crippen LogP contribution is 2.09. The molecule has 0 atom stereocenters. The summed E-state index contributed by atoms with van der Waals surface area (Å²) in [7, 11) is 0. The van der Waals surface area contributed by atoms with Gasteiger partial charge in [0.05, 0.1) is 12.3 Å². The molecule has 0 aliphatic heterocycles. The first kappa shape index (κ1) is 14.0. The van der Waals surface area contributed by atoms with Crippen LogP contribution in [0.1, 0.15) is 32.9 Å². The summed E-state index contributed by atoms with van der Waals surface area (Å²) >= 11 is 0. The Labute approximate surface area is 103 Å². The van der Waals surface area contributed by atoms with Gasteiger partial charge in [0.1, 0.15) is 12.9 Å². The van der Waals surface area contributed by atoms with Crippen molar-refractivity contribution in [2.75, 3.05) is 19.8 Å². The van der Waals surface area contributed by atoms with E-state index < -0.39 is 0 Å². The maximum atomic E-state index is 5.31. The lowest BCUT2D eigenvalue weighted by atomic mass is 10.4. The van der Waals surface area contributed by atoms with E-state index in [2.05, 4.69) is 31.1 Å². The molecule has 0 spiro atoms. The molecule has 1 N–H and O–H groups in total. The Balaban J connectivity index is 2.17. The molecule has 5 nitrogen and oxygen atoms in total. The summed E-state index contributed by atoms with van der Waals surface area (Å²) in [5, 5.41) is 3.26. The molecule has 1 aromatic rings. The van der Waals surface area contributed by atoms with Crippen molar-refractivity contribution in [1.82, 2.24) is 10.3 Å². The molecular formula is C12H22N2O3. The van der Waals surface area contributed by atoms with Gasteiger partial charge in [-0.2, -0.15) is 4.98 Å². The number of rotatable bonds is 9. The van der Waals surface area contributed by atoms with Gasteiger partial charge in [-0.25, -0.2) is 0 Å². The van der Waals surface area contributed by atoms with Crippen LogP contribution in [0.5, 0.6) is 6.08 Å². The monoisotopic (exact) mass is 242 g/mol. The van der Waals surface area contributed by atoms with Crippen LogP contribution in [0.15, 0.2) is 10.7 Å². The zero-order chi connectivity index (χ0) is 12.5. The Kier molecular flexibility index (Phi) is 6.65. The number of nitrogens with zero attached hydrogens (tertiary/aromatic N) is 1. The van der Waals surface area contributed by atoms with E-state index in [1.807, 2.05) is 0 Å². The normalized spacial score (nSPS) is 11.1. The SMILES string of the molecule is CCCOCCOc1nc(CNC(C)C)co1. The molecule has 0 saturated heterocycles. The Morgan fingerprint density at radius 3 is 2.88 bits per heavy atom. The van der Waals surface area contributed by atoms with E-state index in [0.717, 1.165) is 18.7 Å². The lowest BCUT2D eigenvalue weighted by Crippen LogP contribution is -2.21.